The number of phosphoric ester groups is 1. The fourth-order valence-corrected chi connectivity index (χ4v) is 8.16. The van der Waals surface area contributed by atoms with Crippen LogP contribution in [0.2, 0.25) is 0 Å². The van der Waals surface area contributed by atoms with Gasteiger partial charge in [-0.15, -0.1) is 0 Å². The van der Waals surface area contributed by atoms with Crippen molar-refractivity contribution in [1.29, 1.82) is 0 Å². The lowest BCUT2D eigenvalue weighted by molar-refractivity contribution is -0.870. The number of carbonyl (C=O) groups is 2. The van der Waals surface area contributed by atoms with Crippen LogP contribution in [0.1, 0.15) is 220 Å². The third-order valence-corrected chi connectivity index (χ3v) is 12.8. The summed E-state index contributed by atoms with van der Waals surface area (Å²) in [4.78, 5) is 37.5. The van der Waals surface area contributed by atoms with Crippen molar-refractivity contribution >= 4 is 19.7 Å². The van der Waals surface area contributed by atoms with Gasteiger partial charge in [-0.2, -0.15) is 0 Å². The number of rotatable bonds is 49. The molecule has 0 saturated carbocycles. The van der Waals surface area contributed by atoms with Crippen LogP contribution in [0.4, 0.5) is 0 Å². The van der Waals surface area contributed by atoms with Crippen LogP contribution in [0.5, 0.6) is 0 Å². The Bertz CT molecular complexity index is 1520. The number of ether oxygens (including phenoxy) is 1. The van der Waals surface area contributed by atoms with E-state index in [4.69, 9.17) is 13.8 Å². The summed E-state index contributed by atoms with van der Waals surface area (Å²) in [5, 5.41) is 2.99. The van der Waals surface area contributed by atoms with E-state index in [0.717, 1.165) is 89.9 Å². The molecule has 2 N–H and O–H groups in total. The lowest BCUT2D eigenvalue weighted by Crippen LogP contribution is -2.47. The van der Waals surface area contributed by atoms with Crippen LogP contribution in [0.25, 0.3) is 0 Å². The summed E-state index contributed by atoms with van der Waals surface area (Å²) in [6.45, 7) is 6.78. The monoisotopic (exact) mass is 998 g/mol. The molecule has 0 aliphatic heterocycles. The Labute approximate surface area is 430 Å². The standard InChI is InChI=1S/C60H105N2O7P/c1-7-10-13-16-19-22-25-27-29-31-33-35-38-41-44-47-50-53-60(64)69-58(51-48-45-42-39-36-24-21-18-15-12-9-3)57(56-68-70(65,66)67-55-54-62(4,5)6)61-59(63)52-49-46-43-40-37-34-32-30-28-26-23-20-17-14-11-8-2/h11,14,19-20,22-23,27-30,34,37,43,46,48,51,57-58H,7-10,12-13,15-18,21,24-26,31-33,35-36,38-42,44-45,47,49-50,52-56H2,1-6H3,(H-,61,63,65,66)/p+1/b14-11+,22-19-,23-20+,29-27-,30-28+,37-34+,46-43+,51-48+. The van der Waals surface area contributed by atoms with E-state index in [2.05, 4.69) is 99.0 Å². The maximum atomic E-state index is 13.4. The number of hydrogen-bond donors (Lipinski definition) is 2. The maximum Gasteiger partial charge on any atom is 0.472 e. The molecule has 0 aliphatic carbocycles. The maximum absolute atomic E-state index is 13.4. The van der Waals surface area contributed by atoms with Crippen LogP contribution < -0.4 is 5.32 Å². The third kappa shape index (κ3) is 49.9. The third-order valence-electron chi connectivity index (χ3n) is 11.8. The summed E-state index contributed by atoms with van der Waals surface area (Å²) in [5.41, 5.74) is 0. The Hall–Kier alpha value is -3.07. The highest BCUT2D eigenvalue weighted by Crippen LogP contribution is 2.43. The number of amides is 1. The van der Waals surface area contributed by atoms with E-state index in [1.807, 2.05) is 45.4 Å². The highest BCUT2D eigenvalue weighted by Gasteiger charge is 2.30. The van der Waals surface area contributed by atoms with Gasteiger partial charge in [0.1, 0.15) is 19.3 Å². The molecule has 9 nitrogen and oxygen atoms in total. The molecule has 0 spiro atoms. The molecule has 0 fully saturated rings. The molecule has 3 atom stereocenters. The van der Waals surface area contributed by atoms with Crippen LogP contribution in [-0.4, -0.2) is 74.3 Å². The van der Waals surface area contributed by atoms with Gasteiger partial charge in [0.15, 0.2) is 0 Å². The van der Waals surface area contributed by atoms with Crippen LogP contribution in [0.3, 0.4) is 0 Å². The zero-order valence-corrected chi connectivity index (χ0v) is 46.6. The molecular formula is C60H106N2O7P+. The van der Waals surface area contributed by atoms with Crippen molar-refractivity contribution in [1.82, 2.24) is 5.32 Å². The molecule has 0 aromatic carbocycles. The summed E-state index contributed by atoms with van der Waals surface area (Å²) < 4.78 is 30.5. The number of quaternary nitrogens is 1. The summed E-state index contributed by atoms with van der Waals surface area (Å²) >= 11 is 0. The zero-order valence-electron chi connectivity index (χ0n) is 45.7. The average molecular weight is 998 g/mol. The van der Waals surface area contributed by atoms with E-state index in [1.54, 1.807) is 0 Å². The van der Waals surface area contributed by atoms with Gasteiger partial charge in [-0.05, 0) is 96.0 Å². The molecule has 402 valence electrons. The Kier molecular flexibility index (Phi) is 47.3. The molecule has 0 aromatic heterocycles. The van der Waals surface area contributed by atoms with E-state index < -0.39 is 20.0 Å². The zero-order chi connectivity index (χ0) is 51.5. The number of unbranched alkanes of at least 4 members (excludes halogenated alkanes) is 19. The van der Waals surface area contributed by atoms with Gasteiger partial charge >= 0.3 is 13.8 Å². The van der Waals surface area contributed by atoms with Crippen LogP contribution in [0.15, 0.2) is 97.2 Å². The topological polar surface area (TPSA) is 111 Å². The van der Waals surface area contributed by atoms with Crippen molar-refractivity contribution in [3.8, 4) is 0 Å². The summed E-state index contributed by atoms with van der Waals surface area (Å²) in [5.74, 6) is -0.618. The van der Waals surface area contributed by atoms with Crippen molar-refractivity contribution in [3.05, 3.63) is 97.2 Å². The lowest BCUT2D eigenvalue weighted by atomic mass is 10.1. The molecule has 0 rings (SSSR count). The number of nitrogens with zero attached hydrogens (tertiary/aromatic N) is 1. The van der Waals surface area contributed by atoms with Gasteiger partial charge < -0.3 is 19.4 Å². The second-order valence-electron chi connectivity index (χ2n) is 19.7. The highest BCUT2D eigenvalue weighted by atomic mass is 31.2. The second kappa shape index (κ2) is 49.5. The number of allylic oxidation sites excluding steroid dienone is 15. The first-order valence-electron chi connectivity index (χ1n) is 28.1. The summed E-state index contributed by atoms with van der Waals surface area (Å²) in [7, 11) is 1.43. The largest absolute Gasteiger partial charge is 0.472 e. The number of esters is 1. The SMILES string of the molecule is CC/C=C/C/C=C/C/C=C/C/C=C/C/C=C/CCC(=O)NC(COP(=O)(O)OCC[N+](C)(C)C)C(/C=C/CCCCCCCCCCC)OC(=O)CCCCCCCCC/C=C\C/C=C\CCCCC. The summed E-state index contributed by atoms with van der Waals surface area (Å²) in [6.07, 6.45) is 65.6. The van der Waals surface area contributed by atoms with Crippen LogP contribution in [-0.2, 0) is 27.9 Å². The van der Waals surface area contributed by atoms with E-state index in [0.29, 0.717) is 17.4 Å². The minimum atomic E-state index is -4.47. The van der Waals surface area contributed by atoms with Gasteiger partial charge in [0, 0.05) is 12.8 Å². The molecule has 3 unspecified atom stereocenters. The van der Waals surface area contributed by atoms with Crippen molar-refractivity contribution in [2.75, 3.05) is 40.9 Å². The number of carbonyl (C=O) groups excluding carboxylic acids is 2. The van der Waals surface area contributed by atoms with E-state index >= 15 is 0 Å². The average Bonchev–Trinajstić information content (AvgIpc) is 3.32. The van der Waals surface area contributed by atoms with Gasteiger partial charge in [-0.1, -0.05) is 208 Å². The Morgan fingerprint density at radius 1 is 0.514 bits per heavy atom. The van der Waals surface area contributed by atoms with Crippen molar-refractivity contribution in [2.24, 2.45) is 0 Å². The molecule has 0 heterocycles. The van der Waals surface area contributed by atoms with Gasteiger partial charge in [0.2, 0.25) is 5.91 Å². The number of likely N-dealkylation sites (N-methyl/N-ethyl adjacent to an activating group) is 1. The quantitative estimate of drug-likeness (QED) is 0.0205. The van der Waals surface area contributed by atoms with Crippen molar-refractivity contribution in [2.45, 2.75) is 232 Å². The molecule has 0 bridgehead atoms. The van der Waals surface area contributed by atoms with Gasteiger partial charge in [0.05, 0.1) is 33.8 Å². The van der Waals surface area contributed by atoms with Crippen molar-refractivity contribution < 1.29 is 37.3 Å². The first kappa shape index (κ1) is 66.9. The van der Waals surface area contributed by atoms with Gasteiger partial charge in [0.25, 0.3) is 0 Å². The van der Waals surface area contributed by atoms with E-state index in [1.165, 1.54) is 89.9 Å². The van der Waals surface area contributed by atoms with Crippen LogP contribution >= 0.6 is 7.82 Å². The smallest absolute Gasteiger partial charge is 0.456 e. The molecule has 70 heavy (non-hydrogen) atoms. The Morgan fingerprint density at radius 2 is 0.929 bits per heavy atom. The minimum absolute atomic E-state index is 0.0211. The van der Waals surface area contributed by atoms with E-state index in [9.17, 15) is 19.0 Å². The molecular weight excluding hydrogens is 892 g/mol. The first-order chi connectivity index (χ1) is 33.9. The predicted molar refractivity (Wildman–Crippen MR) is 300 cm³/mol. The molecule has 10 heteroatoms. The van der Waals surface area contributed by atoms with Crippen molar-refractivity contribution in [3.63, 3.8) is 0 Å². The van der Waals surface area contributed by atoms with Gasteiger partial charge in [-0.3, -0.25) is 18.6 Å². The minimum Gasteiger partial charge on any atom is -0.456 e. The first-order valence-corrected chi connectivity index (χ1v) is 29.6. The van der Waals surface area contributed by atoms with Crippen LogP contribution in [0, 0.1) is 0 Å². The Balaban J connectivity index is 5.46. The highest BCUT2D eigenvalue weighted by molar-refractivity contribution is 7.47. The molecule has 0 saturated heterocycles. The van der Waals surface area contributed by atoms with E-state index in [-0.39, 0.29) is 37.9 Å². The molecule has 1 amide bonds. The molecule has 0 aliphatic rings. The number of hydrogen-bond acceptors (Lipinski definition) is 6. The normalized spacial score (nSPS) is 14.6. The van der Waals surface area contributed by atoms with Gasteiger partial charge in [-0.25, -0.2) is 4.57 Å². The predicted octanol–water partition coefficient (Wildman–Crippen LogP) is 16.8. The Morgan fingerprint density at radius 3 is 1.43 bits per heavy atom. The fraction of sp³-hybridized carbons (Fsp3) is 0.700. The lowest BCUT2D eigenvalue weighted by Gasteiger charge is -2.27. The fourth-order valence-electron chi connectivity index (χ4n) is 7.43. The molecule has 0 radical (unpaired) electrons. The summed E-state index contributed by atoms with van der Waals surface area (Å²) in [6, 6.07) is -0.895. The second-order valence-corrected chi connectivity index (χ2v) is 21.2. The number of phosphoric acid groups is 1. The number of nitrogens with one attached hydrogen (secondary N) is 1. The molecule has 0 aromatic rings.